The molecule has 2 rings (SSSR count). The summed E-state index contributed by atoms with van der Waals surface area (Å²) in [7, 11) is -3.58. The third-order valence-electron chi connectivity index (χ3n) is 2.64. The number of hydrogen-bond donors (Lipinski definition) is 1. The van der Waals surface area contributed by atoms with E-state index < -0.39 is 21.9 Å². The predicted molar refractivity (Wildman–Crippen MR) is 63.8 cm³/mol. The van der Waals surface area contributed by atoms with Crippen LogP contribution in [-0.4, -0.2) is 36.9 Å². The number of hydrogen-bond acceptors (Lipinski definition) is 4. The van der Waals surface area contributed by atoms with Gasteiger partial charge in [-0.05, 0) is 18.6 Å². The van der Waals surface area contributed by atoms with Crippen molar-refractivity contribution < 1.29 is 18.3 Å². The number of nitrogens with zero attached hydrogens (tertiary/aromatic N) is 1. The molecular weight excluding hydrogens is 286 g/mol. The third kappa shape index (κ3) is 2.47. The van der Waals surface area contributed by atoms with Crippen molar-refractivity contribution in [2.75, 3.05) is 13.1 Å². The Hall–Kier alpha value is -0.630. The van der Waals surface area contributed by atoms with E-state index in [1.807, 2.05) is 0 Å². The van der Waals surface area contributed by atoms with Crippen molar-refractivity contribution in [2.45, 2.75) is 10.6 Å². The summed E-state index contributed by atoms with van der Waals surface area (Å²) >= 11 is 6.67. The number of halogens is 1. The highest BCUT2D eigenvalue weighted by atomic mass is 35.5. The number of carbonyl (C=O) groups is 1. The number of sulfonamides is 1. The third-order valence-corrected chi connectivity index (χ3v) is 6.21. The van der Waals surface area contributed by atoms with Gasteiger partial charge in [-0.15, -0.1) is 11.3 Å². The Morgan fingerprint density at radius 1 is 1.53 bits per heavy atom. The van der Waals surface area contributed by atoms with E-state index in [0.717, 1.165) is 11.3 Å². The number of carboxylic acids is 1. The first-order chi connectivity index (χ1) is 7.91. The summed E-state index contributed by atoms with van der Waals surface area (Å²) in [6, 6.07) is 2.96. The van der Waals surface area contributed by atoms with Gasteiger partial charge in [0.15, 0.2) is 0 Å². The number of aliphatic carboxylic acids is 1. The molecule has 1 atom stereocenters. The number of rotatable bonds is 3. The van der Waals surface area contributed by atoms with Crippen LogP contribution in [0.1, 0.15) is 6.42 Å². The molecule has 17 heavy (non-hydrogen) atoms. The summed E-state index contributed by atoms with van der Waals surface area (Å²) in [6.07, 6.45) is 0.355. The largest absolute Gasteiger partial charge is 0.481 e. The highest BCUT2D eigenvalue weighted by molar-refractivity contribution is 7.91. The molecule has 1 fully saturated rings. The maximum Gasteiger partial charge on any atom is 0.307 e. The lowest BCUT2D eigenvalue weighted by molar-refractivity contribution is -0.141. The van der Waals surface area contributed by atoms with Crippen molar-refractivity contribution in [1.82, 2.24) is 4.31 Å². The Bertz CT molecular complexity index is 539. The van der Waals surface area contributed by atoms with Gasteiger partial charge in [0.1, 0.15) is 4.21 Å². The SMILES string of the molecule is O=C(O)C1CCN(S(=O)(=O)c2ccc(Cl)s2)C1. The van der Waals surface area contributed by atoms with E-state index in [1.54, 1.807) is 0 Å². The van der Waals surface area contributed by atoms with E-state index in [-0.39, 0.29) is 17.3 Å². The molecule has 1 aliphatic rings. The van der Waals surface area contributed by atoms with Crippen LogP contribution in [0.15, 0.2) is 16.3 Å². The molecule has 0 saturated carbocycles. The minimum absolute atomic E-state index is 0.0349. The van der Waals surface area contributed by atoms with Crippen LogP contribution in [-0.2, 0) is 14.8 Å². The first-order valence-electron chi connectivity index (χ1n) is 4.89. The predicted octanol–water partition coefficient (Wildman–Crippen LogP) is 1.50. The quantitative estimate of drug-likeness (QED) is 0.917. The molecular formula is C9H10ClNO4S2. The van der Waals surface area contributed by atoms with Gasteiger partial charge < -0.3 is 5.11 Å². The Balaban J connectivity index is 2.21. The van der Waals surface area contributed by atoms with E-state index >= 15 is 0 Å². The van der Waals surface area contributed by atoms with Crippen molar-refractivity contribution in [1.29, 1.82) is 0 Å². The number of thiophene rings is 1. The second kappa shape index (κ2) is 4.56. The Kier molecular flexibility index (Phi) is 3.44. The monoisotopic (exact) mass is 295 g/mol. The van der Waals surface area contributed by atoms with Crippen LogP contribution >= 0.6 is 22.9 Å². The van der Waals surface area contributed by atoms with Gasteiger partial charge in [0.25, 0.3) is 10.0 Å². The molecule has 0 spiro atoms. The van der Waals surface area contributed by atoms with Crippen LogP contribution in [0.5, 0.6) is 0 Å². The zero-order valence-corrected chi connectivity index (χ0v) is 11.1. The fourth-order valence-electron chi connectivity index (χ4n) is 1.71. The van der Waals surface area contributed by atoms with Gasteiger partial charge in [-0.2, -0.15) is 4.31 Å². The van der Waals surface area contributed by atoms with Crippen LogP contribution in [0.3, 0.4) is 0 Å². The average Bonchev–Trinajstić information content (AvgIpc) is 2.85. The fraction of sp³-hybridized carbons (Fsp3) is 0.444. The van der Waals surface area contributed by atoms with Crippen LogP contribution in [0.4, 0.5) is 0 Å². The summed E-state index contributed by atoms with van der Waals surface area (Å²) in [5.74, 6) is -1.56. The van der Waals surface area contributed by atoms with E-state index in [4.69, 9.17) is 16.7 Å². The standard InChI is InChI=1S/C9H10ClNO4S2/c10-7-1-2-8(16-7)17(14,15)11-4-3-6(5-11)9(12)13/h1-2,6H,3-5H2,(H,12,13). The molecule has 1 unspecified atom stereocenters. The van der Waals surface area contributed by atoms with Crippen LogP contribution in [0.25, 0.3) is 0 Å². The van der Waals surface area contributed by atoms with Crippen molar-refractivity contribution in [3.63, 3.8) is 0 Å². The van der Waals surface area contributed by atoms with Crippen LogP contribution < -0.4 is 0 Å². The van der Waals surface area contributed by atoms with E-state index in [0.29, 0.717) is 10.8 Å². The normalized spacial score (nSPS) is 21.8. The molecule has 0 radical (unpaired) electrons. The molecule has 1 saturated heterocycles. The lowest BCUT2D eigenvalue weighted by atomic mass is 10.1. The van der Waals surface area contributed by atoms with E-state index in [1.165, 1.54) is 16.4 Å². The first kappa shape index (κ1) is 12.8. The topological polar surface area (TPSA) is 74.7 Å². The summed E-state index contributed by atoms with van der Waals surface area (Å²) in [5.41, 5.74) is 0. The molecule has 1 N–H and O–H groups in total. The van der Waals surface area contributed by atoms with Gasteiger partial charge in [-0.25, -0.2) is 8.42 Å². The zero-order valence-electron chi connectivity index (χ0n) is 8.67. The number of carboxylic acid groups (broad SMARTS) is 1. The molecule has 0 amide bonds. The first-order valence-corrected chi connectivity index (χ1v) is 7.53. The van der Waals surface area contributed by atoms with Gasteiger partial charge in [0, 0.05) is 13.1 Å². The van der Waals surface area contributed by atoms with E-state index in [9.17, 15) is 13.2 Å². The summed E-state index contributed by atoms with van der Waals surface area (Å²) in [4.78, 5) is 10.8. The van der Waals surface area contributed by atoms with Crippen LogP contribution in [0.2, 0.25) is 4.34 Å². The fourth-order valence-corrected chi connectivity index (χ4v) is 4.85. The van der Waals surface area contributed by atoms with Gasteiger partial charge in [-0.3, -0.25) is 4.79 Å². The summed E-state index contributed by atoms with van der Waals surface area (Å²) < 4.78 is 26.0. The highest BCUT2D eigenvalue weighted by Crippen LogP contribution is 2.30. The maximum absolute atomic E-state index is 12.1. The van der Waals surface area contributed by atoms with Gasteiger partial charge in [0.05, 0.1) is 10.3 Å². The lowest BCUT2D eigenvalue weighted by Gasteiger charge is -2.14. The van der Waals surface area contributed by atoms with E-state index in [2.05, 4.69) is 0 Å². The molecule has 1 aromatic heterocycles. The Morgan fingerprint density at radius 2 is 2.24 bits per heavy atom. The minimum Gasteiger partial charge on any atom is -0.481 e. The Labute approximate surface area is 108 Å². The molecule has 8 heteroatoms. The molecule has 5 nitrogen and oxygen atoms in total. The minimum atomic E-state index is -3.58. The van der Waals surface area contributed by atoms with Crippen molar-refractivity contribution in [3.05, 3.63) is 16.5 Å². The van der Waals surface area contributed by atoms with Crippen molar-refractivity contribution in [3.8, 4) is 0 Å². The zero-order chi connectivity index (χ0) is 12.6. The smallest absolute Gasteiger partial charge is 0.307 e. The lowest BCUT2D eigenvalue weighted by Crippen LogP contribution is -2.29. The molecule has 1 aromatic rings. The highest BCUT2D eigenvalue weighted by Gasteiger charge is 2.36. The average molecular weight is 296 g/mol. The van der Waals surface area contributed by atoms with Crippen molar-refractivity contribution >= 4 is 38.9 Å². The van der Waals surface area contributed by atoms with Gasteiger partial charge >= 0.3 is 5.97 Å². The molecule has 1 aliphatic heterocycles. The second-order valence-electron chi connectivity index (χ2n) is 3.75. The molecule has 0 aliphatic carbocycles. The van der Waals surface area contributed by atoms with Crippen molar-refractivity contribution in [2.24, 2.45) is 5.92 Å². The summed E-state index contributed by atoms with van der Waals surface area (Å²) in [6.45, 7) is 0.280. The maximum atomic E-state index is 12.1. The van der Waals surface area contributed by atoms with Gasteiger partial charge in [0.2, 0.25) is 0 Å². The molecule has 0 bridgehead atoms. The summed E-state index contributed by atoms with van der Waals surface area (Å²) in [5, 5.41) is 8.83. The van der Waals surface area contributed by atoms with Crippen LogP contribution in [0, 0.1) is 5.92 Å². The molecule has 94 valence electrons. The van der Waals surface area contributed by atoms with Gasteiger partial charge in [-0.1, -0.05) is 11.6 Å². The Morgan fingerprint density at radius 3 is 2.71 bits per heavy atom. The molecule has 2 heterocycles. The molecule has 0 aromatic carbocycles. The second-order valence-corrected chi connectivity index (χ2v) is 7.63.